The average Bonchev–Trinajstić information content (AvgIpc) is 2.66. The first kappa shape index (κ1) is 20.8. The second-order valence-electron chi connectivity index (χ2n) is 6.50. The molecule has 0 spiro atoms. The molecule has 0 atom stereocenters. The molecule has 0 bridgehead atoms. The van der Waals surface area contributed by atoms with Crippen LogP contribution in [0.2, 0.25) is 0 Å². The SMILES string of the molecule is CCCCCn1c(O)c(C=Nc2cc([N+](=O)[O-])ccc2C)c(C)c(C#N)c1=O. The summed E-state index contributed by atoms with van der Waals surface area (Å²) in [7, 11) is 0. The van der Waals surface area contributed by atoms with Gasteiger partial charge in [-0.2, -0.15) is 5.26 Å². The van der Waals surface area contributed by atoms with E-state index in [1.165, 1.54) is 22.9 Å². The molecule has 1 aromatic heterocycles. The van der Waals surface area contributed by atoms with Gasteiger partial charge < -0.3 is 5.11 Å². The monoisotopic (exact) mass is 382 g/mol. The lowest BCUT2D eigenvalue weighted by atomic mass is 10.1. The topological polar surface area (TPSA) is 122 Å². The number of hydrogen-bond acceptors (Lipinski definition) is 6. The average molecular weight is 382 g/mol. The second-order valence-corrected chi connectivity index (χ2v) is 6.50. The molecule has 8 nitrogen and oxygen atoms in total. The third kappa shape index (κ3) is 4.26. The van der Waals surface area contributed by atoms with Crippen molar-refractivity contribution in [3.63, 3.8) is 0 Å². The summed E-state index contributed by atoms with van der Waals surface area (Å²) >= 11 is 0. The summed E-state index contributed by atoms with van der Waals surface area (Å²) in [4.78, 5) is 27.2. The van der Waals surface area contributed by atoms with Gasteiger partial charge in [0, 0.05) is 24.9 Å². The molecule has 0 unspecified atom stereocenters. The highest BCUT2D eigenvalue weighted by molar-refractivity contribution is 5.87. The van der Waals surface area contributed by atoms with Gasteiger partial charge in [-0.1, -0.05) is 25.8 Å². The van der Waals surface area contributed by atoms with E-state index >= 15 is 0 Å². The minimum Gasteiger partial charge on any atom is -0.494 e. The van der Waals surface area contributed by atoms with Crippen LogP contribution < -0.4 is 5.56 Å². The van der Waals surface area contributed by atoms with Gasteiger partial charge in [0.05, 0.1) is 16.2 Å². The van der Waals surface area contributed by atoms with Crippen LogP contribution in [0.1, 0.15) is 48.4 Å². The number of non-ortho nitro benzene ring substituents is 1. The van der Waals surface area contributed by atoms with Gasteiger partial charge in [-0.05, 0) is 31.4 Å². The van der Waals surface area contributed by atoms with E-state index in [0.717, 1.165) is 18.4 Å². The summed E-state index contributed by atoms with van der Waals surface area (Å²) in [6.45, 7) is 5.65. The Kier molecular flexibility index (Phi) is 6.66. The minimum absolute atomic E-state index is 0.0495. The fourth-order valence-corrected chi connectivity index (χ4v) is 2.84. The molecular formula is C20H22N4O4. The molecule has 0 amide bonds. The molecule has 2 rings (SSSR count). The van der Waals surface area contributed by atoms with Gasteiger partial charge in [-0.25, -0.2) is 0 Å². The van der Waals surface area contributed by atoms with Crippen LogP contribution in [0.3, 0.4) is 0 Å². The third-order valence-electron chi connectivity index (χ3n) is 4.57. The third-order valence-corrected chi connectivity index (χ3v) is 4.57. The summed E-state index contributed by atoms with van der Waals surface area (Å²) in [5, 5.41) is 31.0. The molecule has 1 aromatic carbocycles. The van der Waals surface area contributed by atoms with Crippen LogP contribution in [-0.4, -0.2) is 20.8 Å². The maximum absolute atomic E-state index is 12.5. The number of nitro benzene ring substituents is 1. The zero-order chi connectivity index (χ0) is 20.8. The van der Waals surface area contributed by atoms with Crippen molar-refractivity contribution in [2.24, 2.45) is 4.99 Å². The first-order valence-corrected chi connectivity index (χ1v) is 8.97. The van der Waals surface area contributed by atoms with Gasteiger partial charge in [-0.3, -0.25) is 24.5 Å². The van der Waals surface area contributed by atoms with Gasteiger partial charge in [0.2, 0.25) is 5.88 Å². The van der Waals surface area contributed by atoms with Gasteiger partial charge in [0.15, 0.2) is 0 Å². The molecule has 0 aliphatic rings. The number of pyridine rings is 1. The number of aryl methyl sites for hydroxylation is 1. The molecular weight excluding hydrogens is 360 g/mol. The Bertz CT molecular complexity index is 1030. The number of aromatic hydroxyl groups is 1. The summed E-state index contributed by atoms with van der Waals surface area (Å²) in [5.74, 6) is -0.260. The summed E-state index contributed by atoms with van der Waals surface area (Å²) in [5.41, 5.74) is 0.984. The molecule has 8 heteroatoms. The number of rotatable bonds is 7. The largest absolute Gasteiger partial charge is 0.494 e. The molecule has 0 aliphatic carbocycles. The summed E-state index contributed by atoms with van der Waals surface area (Å²) in [6, 6.07) is 6.21. The Labute approximate surface area is 162 Å². The molecule has 0 radical (unpaired) electrons. The molecule has 1 heterocycles. The predicted molar refractivity (Wildman–Crippen MR) is 106 cm³/mol. The highest BCUT2D eigenvalue weighted by Crippen LogP contribution is 2.26. The van der Waals surface area contributed by atoms with Crippen LogP contribution in [-0.2, 0) is 6.54 Å². The Balaban J connectivity index is 2.56. The molecule has 2 aromatic rings. The van der Waals surface area contributed by atoms with Crippen molar-refractivity contribution in [3.8, 4) is 11.9 Å². The highest BCUT2D eigenvalue weighted by atomic mass is 16.6. The maximum Gasteiger partial charge on any atom is 0.271 e. The van der Waals surface area contributed by atoms with Crippen molar-refractivity contribution in [1.29, 1.82) is 5.26 Å². The standard InChI is InChI=1S/C20H22N4O4/c1-4-5-6-9-23-19(25)16(11-21)14(3)17(20(23)26)12-22-18-10-15(24(27)28)8-7-13(18)2/h7-8,10,12,26H,4-6,9H2,1-3H3. The van der Waals surface area contributed by atoms with Crippen molar-refractivity contribution in [2.75, 3.05) is 0 Å². The normalized spacial score (nSPS) is 10.9. The minimum atomic E-state index is -0.530. The molecule has 0 saturated carbocycles. The van der Waals surface area contributed by atoms with E-state index in [1.54, 1.807) is 19.9 Å². The van der Waals surface area contributed by atoms with Crippen molar-refractivity contribution in [2.45, 2.75) is 46.6 Å². The lowest BCUT2D eigenvalue weighted by Crippen LogP contribution is -2.25. The molecule has 1 N–H and O–H groups in total. The Morgan fingerprint density at radius 2 is 2.07 bits per heavy atom. The summed E-state index contributed by atoms with van der Waals surface area (Å²) < 4.78 is 1.18. The quantitative estimate of drug-likeness (QED) is 0.337. The van der Waals surface area contributed by atoms with E-state index < -0.39 is 10.5 Å². The Morgan fingerprint density at radius 1 is 1.36 bits per heavy atom. The van der Waals surface area contributed by atoms with E-state index in [4.69, 9.17) is 0 Å². The lowest BCUT2D eigenvalue weighted by molar-refractivity contribution is -0.384. The number of unbranched alkanes of at least 4 members (excludes halogenated alkanes) is 2. The highest BCUT2D eigenvalue weighted by Gasteiger charge is 2.18. The van der Waals surface area contributed by atoms with Gasteiger partial charge in [-0.15, -0.1) is 0 Å². The zero-order valence-corrected chi connectivity index (χ0v) is 16.1. The van der Waals surface area contributed by atoms with E-state index in [1.807, 2.05) is 13.0 Å². The maximum atomic E-state index is 12.5. The second kappa shape index (κ2) is 8.95. The van der Waals surface area contributed by atoms with E-state index in [0.29, 0.717) is 24.2 Å². The zero-order valence-electron chi connectivity index (χ0n) is 16.1. The van der Waals surface area contributed by atoms with Crippen LogP contribution in [0.25, 0.3) is 0 Å². The number of aromatic nitrogens is 1. The van der Waals surface area contributed by atoms with Gasteiger partial charge in [0.25, 0.3) is 11.2 Å². The van der Waals surface area contributed by atoms with Crippen LogP contribution >= 0.6 is 0 Å². The molecule has 28 heavy (non-hydrogen) atoms. The smallest absolute Gasteiger partial charge is 0.271 e. The Morgan fingerprint density at radius 3 is 2.68 bits per heavy atom. The van der Waals surface area contributed by atoms with E-state index in [9.17, 15) is 25.3 Å². The number of benzene rings is 1. The van der Waals surface area contributed by atoms with Crippen molar-refractivity contribution >= 4 is 17.6 Å². The lowest BCUT2D eigenvalue weighted by Gasteiger charge is -2.13. The first-order chi connectivity index (χ1) is 13.3. The summed E-state index contributed by atoms with van der Waals surface area (Å²) in [6.07, 6.45) is 3.87. The van der Waals surface area contributed by atoms with Gasteiger partial charge >= 0.3 is 0 Å². The molecule has 0 fully saturated rings. The van der Waals surface area contributed by atoms with E-state index in [2.05, 4.69) is 4.99 Å². The van der Waals surface area contributed by atoms with Crippen LogP contribution in [0, 0.1) is 35.3 Å². The predicted octanol–water partition coefficient (Wildman–Crippen LogP) is 3.89. The number of aliphatic imine (C=N–C) groups is 1. The molecule has 0 aliphatic heterocycles. The number of hydrogen-bond donors (Lipinski definition) is 1. The fourth-order valence-electron chi connectivity index (χ4n) is 2.84. The van der Waals surface area contributed by atoms with Crippen molar-refractivity contribution in [1.82, 2.24) is 4.57 Å². The van der Waals surface area contributed by atoms with Crippen LogP contribution in [0.5, 0.6) is 5.88 Å². The van der Waals surface area contributed by atoms with Crippen LogP contribution in [0.4, 0.5) is 11.4 Å². The van der Waals surface area contributed by atoms with E-state index in [-0.39, 0.29) is 22.7 Å². The van der Waals surface area contributed by atoms with Gasteiger partial charge in [0.1, 0.15) is 11.6 Å². The molecule has 0 saturated heterocycles. The number of nitrogens with zero attached hydrogens (tertiary/aromatic N) is 4. The van der Waals surface area contributed by atoms with Crippen molar-refractivity contribution < 1.29 is 10.0 Å². The number of nitriles is 1. The van der Waals surface area contributed by atoms with Crippen LogP contribution in [0.15, 0.2) is 28.0 Å². The Hall–Kier alpha value is -3.47. The van der Waals surface area contributed by atoms with Crippen molar-refractivity contribution in [3.05, 3.63) is 60.9 Å². The first-order valence-electron chi connectivity index (χ1n) is 8.97. The fraction of sp³-hybridized carbons (Fsp3) is 0.350. The number of nitro groups is 1. The molecule has 146 valence electrons.